The van der Waals surface area contributed by atoms with Gasteiger partial charge in [0, 0.05) is 52.5 Å². The molecule has 2 saturated heterocycles. The van der Waals surface area contributed by atoms with Crippen LogP contribution in [0.2, 0.25) is 0 Å². The average Bonchev–Trinajstić information content (AvgIpc) is 3.05. The zero-order valence-electron chi connectivity index (χ0n) is 13.4. The predicted molar refractivity (Wildman–Crippen MR) is 85.3 cm³/mol. The van der Waals surface area contributed by atoms with Crippen LogP contribution in [0.15, 0.2) is 18.3 Å². The topological polar surface area (TPSA) is 48.9 Å². The summed E-state index contributed by atoms with van der Waals surface area (Å²) in [5.41, 5.74) is 0.690. The minimum absolute atomic E-state index is 0.0903. The summed E-state index contributed by atoms with van der Waals surface area (Å²) < 4.78 is 5.41. The Morgan fingerprint density at radius 1 is 1.32 bits per heavy atom. The number of hydrogen-bond donors (Lipinski definition) is 0. The van der Waals surface area contributed by atoms with Gasteiger partial charge in [-0.3, -0.25) is 9.69 Å². The van der Waals surface area contributed by atoms with Crippen LogP contribution < -0.4 is 4.90 Å². The third kappa shape index (κ3) is 3.08. The molecule has 6 nitrogen and oxygen atoms in total. The third-order valence-corrected chi connectivity index (χ3v) is 4.45. The van der Waals surface area contributed by atoms with E-state index in [-0.39, 0.29) is 5.91 Å². The molecule has 6 heteroatoms. The summed E-state index contributed by atoms with van der Waals surface area (Å²) in [5.74, 6) is 0.829. The second-order valence-corrected chi connectivity index (χ2v) is 6.11. The SMILES string of the molecule is CN(C)c1ncccc1C(=O)N1CC[C@H](N2CCOCC2)C1. The number of morpholine rings is 1. The van der Waals surface area contributed by atoms with Crippen LogP contribution in [-0.4, -0.2) is 80.2 Å². The highest BCUT2D eigenvalue weighted by Crippen LogP contribution is 2.22. The van der Waals surface area contributed by atoms with E-state index in [1.54, 1.807) is 6.20 Å². The maximum absolute atomic E-state index is 12.8. The molecular formula is C16H24N4O2. The molecule has 1 amide bonds. The number of ether oxygens (including phenoxy) is 1. The number of carbonyl (C=O) groups excluding carboxylic acids is 1. The number of likely N-dealkylation sites (tertiary alicyclic amines) is 1. The minimum atomic E-state index is 0.0903. The van der Waals surface area contributed by atoms with Crippen molar-refractivity contribution < 1.29 is 9.53 Å². The molecule has 0 N–H and O–H groups in total. The normalized spacial score (nSPS) is 22.8. The van der Waals surface area contributed by atoms with E-state index in [2.05, 4.69) is 9.88 Å². The average molecular weight is 304 g/mol. The van der Waals surface area contributed by atoms with Gasteiger partial charge < -0.3 is 14.5 Å². The van der Waals surface area contributed by atoms with Crippen LogP contribution >= 0.6 is 0 Å². The maximum atomic E-state index is 12.8. The van der Waals surface area contributed by atoms with Crippen LogP contribution in [0.1, 0.15) is 16.8 Å². The smallest absolute Gasteiger partial charge is 0.257 e. The Kier molecular flexibility index (Phi) is 4.59. The van der Waals surface area contributed by atoms with Gasteiger partial charge in [0.05, 0.1) is 18.8 Å². The van der Waals surface area contributed by atoms with Crippen molar-refractivity contribution in [3.05, 3.63) is 23.9 Å². The Bertz CT molecular complexity index is 529. The molecule has 1 aromatic heterocycles. The van der Waals surface area contributed by atoms with Gasteiger partial charge in [0.15, 0.2) is 0 Å². The lowest BCUT2D eigenvalue weighted by molar-refractivity contribution is 0.0185. The third-order valence-electron chi connectivity index (χ3n) is 4.45. The summed E-state index contributed by atoms with van der Waals surface area (Å²) in [6.07, 6.45) is 2.77. The van der Waals surface area contributed by atoms with Gasteiger partial charge in [0.1, 0.15) is 5.82 Å². The molecule has 1 aromatic rings. The van der Waals surface area contributed by atoms with Gasteiger partial charge in [-0.1, -0.05) is 0 Å². The van der Waals surface area contributed by atoms with Gasteiger partial charge in [-0.2, -0.15) is 0 Å². The number of aromatic nitrogens is 1. The lowest BCUT2D eigenvalue weighted by Gasteiger charge is -2.32. The van der Waals surface area contributed by atoms with Crippen LogP contribution in [0.25, 0.3) is 0 Å². The zero-order valence-corrected chi connectivity index (χ0v) is 13.4. The number of anilines is 1. The highest BCUT2D eigenvalue weighted by atomic mass is 16.5. The number of hydrogen-bond acceptors (Lipinski definition) is 5. The first-order valence-corrected chi connectivity index (χ1v) is 7.90. The quantitative estimate of drug-likeness (QED) is 0.822. The minimum Gasteiger partial charge on any atom is -0.379 e. The van der Waals surface area contributed by atoms with E-state index in [0.717, 1.165) is 51.6 Å². The molecule has 0 aromatic carbocycles. The van der Waals surface area contributed by atoms with Crippen LogP contribution in [0.4, 0.5) is 5.82 Å². The van der Waals surface area contributed by atoms with Crippen LogP contribution in [0.3, 0.4) is 0 Å². The molecule has 120 valence electrons. The van der Waals surface area contributed by atoms with Crippen molar-refractivity contribution in [3.63, 3.8) is 0 Å². The molecule has 0 spiro atoms. The highest BCUT2D eigenvalue weighted by molar-refractivity contribution is 5.99. The van der Waals surface area contributed by atoms with Gasteiger partial charge in [-0.25, -0.2) is 4.98 Å². The van der Waals surface area contributed by atoms with Gasteiger partial charge in [-0.15, -0.1) is 0 Å². The molecule has 2 aliphatic heterocycles. The molecule has 0 saturated carbocycles. The van der Waals surface area contributed by atoms with E-state index in [1.807, 2.05) is 36.0 Å². The van der Waals surface area contributed by atoms with E-state index in [1.165, 1.54) is 0 Å². The molecule has 0 unspecified atom stereocenters. The molecule has 2 fully saturated rings. The number of amides is 1. The molecule has 22 heavy (non-hydrogen) atoms. The van der Waals surface area contributed by atoms with Gasteiger partial charge in [0.25, 0.3) is 5.91 Å². The number of nitrogens with zero attached hydrogens (tertiary/aromatic N) is 4. The molecule has 2 aliphatic rings. The summed E-state index contributed by atoms with van der Waals surface area (Å²) in [6, 6.07) is 4.16. The first-order chi connectivity index (χ1) is 10.7. The molecule has 3 heterocycles. The number of carbonyl (C=O) groups is 1. The van der Waals surface area contributed by atoms with E-state index in [4.69, 9.17) is 4.74 Å². The second-order valence-electron chi connectivity index (χ2n) is 6.11. The molecule has 0 aliphatic carbocycles. The van der Waals surface area contributed by atoms with Gasteiger partial charge in [-0.05, 0) is 18.6 Å². The lowest BCUT2D eigenvalue weighted by atomic mass is 10.2. The Labute approximate surface area is 131 Å². The molecular weight excluding hydrogens is 280 g/mol. The van der Waals surface area contributed by atoms with E-state index in [0.29, 0.717) is 11.6 Å². The maximum Gasteiger partial charge on any atom is 0.257 e. The Morgan fingerprint density at radius 2 is 2.09 bits per heavy atom. The fraction of sp³-hybridized carbons (Fsp3) is 0.625. The fourth-order valence-electron chi connectivity index (χ4n) is 3.26. The largest absolute Gasteiger partial charge is 0.379 e. The van der Waals surface area contributed by atoms with Crippen molar-refractivity contribution in [2.24, 2.45) is 0 Å². The Morgan fingerprint density at radius 3 is 2.82 bits per heavy atom. The second kappa shape index (κ2) is 6.62. The van der Waals surface area contributed by atoms with Crippen molar-refractivity contribution in [2.45, 2.75) is 12.5 Å². The Hall–Kier alpha value is -1.66. The number of rotatable bonds is 3. The van der Waals surface area contributed by atoms with Gasteiger partial charge >= 0.3 is 0 Å². The van der Waals surface area contributed by atoms with Crippen molar-refractivity contribution >= 4 is 11.7 Å². The van der Waals surface area contributed by atoms with Crippen molar-refractivity contribution in [3.8, 4) is 0 Å². The van der Waals surface area contributed by atoms with Gasteiger partial charge in [0.2, 0.25) is 0 Å². The summed E-state index contributed by atoms with van der Waals surface area (Å²) in [7, 11) is 3.83. The van der Waals surface area contributed by atoms with E-state index >= 15 is 0 Å². The van der Waals surface area contributed by atoms with Crippen molar-refractivity contribution in [1.82, 2.24) is 14.8 Å². The monoisotopic (exact) mass is 304 g/mol. The predicted octanol–water partition coefficient (Wildman–Crippen LogP) is 0.694. The van der Waals surface area contributed by atoms with Crippen molar-refractivity contribution in [2.75, 3.05) is 58.4 Å². The summed E-state index contributed by atoms with van der Waals surface area (Å²) >= 11 is 0. The Balaban J connectivity index is 1.69. The fourth-order valence-corrected chi connectivity index (χ4v) is 3.26. The summed E-state index contributed by atoms with van der Waals surface area (Å²) in [4.78, 5) is 23.5. The summed E-state index contributed by atoms with van der Waals surface area (Å²) in [5, 5.41) is 0. The standard InChI is InChI=1S/C16H24N4O2/c1-18(2)15-14(4-3-6-17-15)16(21)20-7-5-13(12-20)19-8-10-22-11-9-19/h3-4,6,13H,5,7-12H2,1-2H3/t13-/m0/s1. The first-order valence-electron chi connectivity index (χ1n) is 7.90. The molecule has 1 atom stereocenters. The van der Waals surface area contributed by atoms with Crippen molar-refractivity contribution in [1.29, 1.82) is 0 Å². The lowest BCUT2D eigenvalue weighted by Crippen LogP contribution is -2.45. The van der Waals surface area contributed by atoms with E-state index < -0.39 is 0 Å². The molecule has 0 bridgehead atoms. The van der Waals surface area contributed by atoms with Crippen LogP contribution in [-0.2, 0) is 4.74 Å². The number of pyridine rings is 1. The van der Waals surface area contributed by atoms with Crippen LogP contribution in [0.5, 0.6) is 0 Å². The highest BCUT2D eigenvalue weighted by Gasteiger charge is 2.32. The molecule has 3 rings (SSSR count). The van der Waals surface area contributed by atoms with Crippen LogP contribution in [0, 0.1) is 0 Å². The first kappa shape index (κ1) is 15.2. The summed E-state index contributed by atoms with van der Waals surface area (Å²) in [6.45, 7) is 5.18. The van der Waals surface area contributed by atoms with E-state index in [9.17, 15) is 4.79 Å². The zero-order chi connectivity index (χ0) is 15.5. The molecule has 0 radical (unpaired) electrons.